The van der Waals surface area contributed by atoms with E-state index in [-0.39, 0.29) is 41.2 Å². The molecule has 0 unspecified atom stereocenters. The molecular weight excluding hydrogens is 378 g/mol. The maximum Gasteiger partial charge on any atom is 0.343 e. The molecule has 2 amide bonds. The minimum absolute atomic E-state index is 0.159. The third-order valence-corrected chi connectivity index (χ3v) is 7.26. The van der Waals surface area contributed by atoms with Gasteiger partial charge in [0.05, 0.1) is 23.1 Å². The number of rotatable bonds is 3. The van der Waals surface area contributed by atoms with Crippen LogP contribution in [0.25, 0.3) is 0 Å². The van der Waals surface area contributed by atoms with Crippen LogP contribution in [0.1, 0.15) is 22.3 Å². The first kappa shape index (κ1) is 17.6. The topological polar surface area (TPSA) is 63.7 Å². The number of para-hydroxylation sites is 2. The van der Waals surface area contributed by atoms with E-state index in [1.165, 1.54) is 4.90 Å². The smallest absolute Gasteiger partial charge is 0.343 e. The number of aryl methyl sites for hydroxylation is 1. The van der Waals surface area contributed by atoms with Crippen molar-refractivity contribution in [1.82, 2.24) is 0 Å². The summed E-state index contributed by atoms with van der Waals surface area (Å²) >= 11 is 0. The Balaban J connectivity index is 1.33. The summed E-state index contributed by atoms with van der Waals surface area (Å²) in [7, 11) is 0. The first-order chi connectivity index (χ1) is 14.5. The van der Waals surface area contributed by atoms with Gasteiger partial charge in [0.25, 0.3) is 0 Å². The van der Waals surface area contributed by atoms with Crippen LogP contribution in [0.2, 0.25) is 0 Å². The Morgan fingerprint density at radius 2 is 1.50 bits per heavy atom. The van der Waals surface area contributed by atoms with Crippen LogP contribution in [0.5, 0.6) is 5.75 Å². The van der Waals surface area contributed by atoms with Gasteiger partial charge in [0.15, 0.2) is 5.75 Å². The molecule has 150 valence electrons. The Kier molecular flexibility index (Phi) is 3.61. The Hall–Kier alpha value is -3.21. The van der Waals surface area contributed by atoms with Gasteiger partial charge in [0, 0.05) is 0 Å². The quantitative estimate of drug-likeness (QED) is 0.341. The number of hydrogen-bond acceptors (Lipinski definition) is 4. The van der Waals surface area contributed by atoms with Crippen molar-refractivity contribution < 1.29 is 19.1 Å². The summed E-state index contributed by atoms with van der Waals surface area (Å²) in [5, 5.41) is 0. The van der Waals surface area contributed by atoms with E-state index in [4.69, 9.17) is 4.74 Å². The molecule has 5 aliphatic rings. The van der Waals surface area contributed by atoms with Crippen molar-refractivity contribution in [3.05, 3.63) is 71.8 Å². The van der Waals surface area contributed by atoms with E-state index in [1.807, 2.05) is 19.1 Å². The molecular formula is C25H21NO4. The molecule has 4 aliphatic carbocycles. The lowest BCUT2D eigenvalue weighted by atomic mass is 9.63. The number of anilines is 1. The lowest BCUT2D eigenvalue weighted by Crippen LogP contribution is -2.40. The molecule has 6 atom stereocenters. The highest BCUT2D eigenvalue weighted by Gasteiger charge is 2.67. The molecule has 2 aromatic rings. The van der Waals surface area contributed by atoms with E-state index in [2.05, 4.69) is 12.2 Å². The van der Waals surface area contributed by atoms with Gasteiger partial charge in [-0.2, -0.15) is 0 Å². The minimum atomic E-state index is -0.512. The van der Waals surface area contributed by atoms with Gasteiger partial charge in [-0.15, -0.1) is 0 Å². The van der Waals surface area contributed by atoms with Crippen LogP contribution in [-0.2, 0) is 9.59 Å². The predicted molar refractivity (Wildman–Crippen MR) is 110 cm³/mol. The number of amides is 2. The molecule has 2 saturated carbocycles. The summed E-state index contributed by atoms with van der Waals surface area (Å²) in [6, 6.07) is 13.9. The molecule has 2 bridgehead atoms. The van der Waals surface area contributed by atoms with Crippen molar-refractivity contribution in [2.45, 2.75) is 13.3 Å². The molecule has 1 saturated heterocycles. The summed E-state index contributed by atoms with van der Waals surface area (Å²) in [6.45, 7) is 1.94. The van der Waals surface area contributed by atoms with E-state index < -0.39 is 5.97 Å². The average Bonchev–Trinajstić information content (AvgIpc) is 3.53. The van der Waals surface area contributed by atoms with Crippen LogP contribution in [0.4, 0.5) is 5.69 Å². The number of ether oxygens (including phenoxy) is 1. The SMILES string of the molecule is Cc1ccc(C(=O)Oc2ccccc2N2C(=O)[C@@H]3[C@H]4C=C[C@@H]([C@@H]5C[C@H]45)[C@@H]3C2=O)cc1. The van der Waals surface area contributed by atoms with E-state index in [0.717, 1.165) is 12.0 Å². The lowest BCUT2D eigenvalue weighted by Gasteiger charge is -2.37. The minimum Gasteiger partial charge on any atom is -0.421 e. The fraction of sp³-hybridized carbons (Fsp3) is 0.320. The van der Waals surface area contributed by atoms with Gasteiger partial charge in [-0.1, -0.05) is 42.0 Å². The number of carbonyl (C=O) groups is 3. The van der Waals surface area contributed by atoms with Gasteiger partial charge in [0.2, 0.25) is 11.8 Å². The summed E-state index contributed by atoms with van der Waals surface area (Å²) in [6.07, 6.45) is 5.43. The second-order valence-corrected chi connectivity index (χ2v) is 8.89. The predicted octanol–water partition coefficient (Wildman–Crippen LogP) is 3.77. The molecule has 7 rings (SSSR count). The number of nitrogens with zero attached hydrogens (tertiary/aromatic N) is 1. The van der Waals surface area contributed by atoms with Gasteiger partial charge in [-0.05, 0) is 61.3 Å². The van der Waals surface area contributed by atoms with Gasteiger partial charge in [0.1, 0.15) is 0 Å². The van der Waals surface area contributed by atoms with Crippen LogP contribution in [0, 0.1) is 42.4 Å². The molecule has 2 aromatic carbocycles. The van der Waals surface area contributed by atoms with Crippen molar-refractivity contribution in [2.24, 2.45) is 35.5 Å². The van der Waals surface area contributed by atoms with Gasteiger partial charge < -0.3 is 4.74 Å². The monoisotopic (exact) mass is 399 g/mol. The Bertz CT molecular complexity index is 1080. The van der Waals surface area contributed by atoms with Crippen LogP contribution < -0.4 is 9.64 Å². The lowest BCUT2D eigenvalue weighted by molar-refractivity contribution is -0.124. The highest BCUT2D eigenvalue weighted by molar-refractivity contribution is 6.23. The normalized spacial score (nSPS) is 32.8. The fourth-order valence-corrected chi connectivity index (χ4v) is 5.77. The van der Waals surface area contributed by atoms with Gasteiger partial charge in [-0.3, -0.25) is 9.59 Å². The zero-order valence-electron chi connectivity index (χ0n) is 16.5. The van der Waals surface area contributed by atoms with Crippen LogP contribution >= 0.6 is 0 Å². The Morgan fingerprint density at radius 1 is 0.900 bits per heavy atom. The second kappa shape index (κ2) is 6.14. The molecule has 3 fully saturated rings. The number of imide groups is 1. The number of benzene rings is 2. The Labute approximate surface area is 174 Å². The van der Waals surface area contributed by atoms with Crippen molar-refractivity contribution in [1.29, 1.82) is 0 Å². The third kappa shape index (κ3) is 2.38. The summed E-state index contributed by atoms with van der Waals surface area (Å²) in [4.78, 5) is 40.7. The average molecular weight is 399 g/mol. The largest absolute Gasteiger partial charge is 0.421 e. The number of carbonyl (C=O) groups excluding carboxylic acids is 3. The molecule has 0 spiro atoms. The van der Waals surface area contributed by atoms with E-state index in [0.29, 0.717) is 23.1 Å². The fourth-order valence-electron chi connectivity index (χ4n) is 5.77. The summed E-state index contributed by atoms with van der Waals surface area (Å²) in [5.74, 6) is 0.259. The third-order valence-electron chi connectivity index (χ3n) is 7.26. The summed E-state index contributed by atoms with van der Waals surface area (Å²) in [5.41, 5.74) is 1.82. The molecule has 0 radical (unpaired) electrons. The summed E-state index contributed by atoms with van der Waals surface area (Å²) < 4.78 is 5.63. The van der Waals surface area contributed by atoms with Crippen molar-refractivity contribution in [3.63, 3.8) is 0 Å². The van der Waals surface area contributed by atoms with E-state index >= 15 is 0 Å². The molecule has 5 heteroatoms. The first-order valence-electron chi connectivity index (χ1n) is 10.5. The molecule has 1 aliphatic heterocycles. The maximum atomic E-state index is 13.4. The van der Waals surface area contributed by atoms with Crippen LogP contribution in [-0.4, -0.2) is 17.8 Å². The zero-order chi connectivity index (χ0) is 20.6. The number of esters is 1. The zero-order valence-corrected chi connectivity index (χ0v) is 16.5. The van der Waals surface area contributed by atoms with Crippen molar-refractivity contribution in [3.8, 4) is 5.75 Å². The second-order valence-electron chi connectivity index (χ2n) is 8.89. The molecule has 0 N–H and O–H groups in total. The Morgan fingerprint density at radius 3 is 2.13 bits per heavy atom. The highest BCUT2D eigenvalue weighted by atomic mass is 16.5. The van der Waals surface area contributed by atoms with E-state index in [1.54, 1.807) is 36.4 Å². The molecule has 1 heterocycles. The highest BCUT2D eigenvalue weighted by Crippen LogP contribution is 2.65. The molecule has 0 aromatic heterocycles. The van der Waals surface area contributed by atoms with Gasteiger partial charge >= 0.3 is 5.97 Å². The first-order valence-corrected chi connectivity index (χ1v) is 10.5. The van der Waals surface area contributed by atoms with Gasteiger partial charge in [-0.25, -0.2) is 9.69 Å². The number of hydrogen-bond donors (Lipinski definition) is 0. The van der Waals surface area contributed by atoms with E-state index in [9.17, 15) is 14.4 Å². The van der Waals surface area contributed by atoms with Crippen molar-refractivity contribution >= 4 is 23.5 Å². The molecule has 5 nitrogen and oxygen atoms in total. The van der Waals surface area contributed by atoms with Crippen molar-refractivity contribution in [2.75, 3.05) is 4.90 Å². The number of allylic oxidation sites excluding steroid dienone is 2. The van der Waals surface area contributed by atoms with Crippen LogP contribution in [0.3, 0.4) is 0 Å². The maximum absolute atomic E-state index is 13.4. The van der Waals surface area contributed by atoms with Crippen LogP contribution in [0.15, 0.2) is 60.7 Å². The standard InChI is InChI=1S/C25H21NO4/c1-13-6-8-14(9-7-13)25(29)30-20-5-3-2-4-19(20)26-23(27)21-15-10-11-16(18-12-17(15)18)22(21)24(26)28/h2-11,15-18,21-22H,12H2,1H3/t15-,16-,17-,18+,21-,22+/m0/s1. The molecule has 30 heavy (non-hydrogen) atoms.